The molecule has 0 bridgehead atoms. The molecule has 1 fully saturated rings. The van der Waals surface area contributed by atoms with Crippen molar-refractivity contribution in [3.05, 3.63) is 71.8 Å². The van der Waals surface area contributed by atoms with Crippen molar-refractivity contribution in [2.75, 3.05) is 13.7 Å². The minimum absolute atomic E-state index is 0.0245. The van der Waals surface area contributed by atoms with Gasteiger partial charge in [0.2, 0.25) is 0 Å². The van der Waals surface area contributed by atoms with Crippen molar-refractivity contribution in [3.63, 3.8) is 0 Å². The molecule has 10 nitrogen and oxygen atoms in total. The Hall–Kier alpha value is -3.14. The molecule has 15 heteroatoms. The Morgan fingerprint density at radius 2 is 1.82 bits per heavy atom. The van der Waals surface area contributed by atoms with Crippen molar-refractivity contribution in [2.24, 2.45) is 0 Å². The lowest BCUT2D eigenvalue weighted by Crippen LogP contribution is -2.55. The van der Waals surface area contributed by atoms with Crippen molar-refractivity contribution in [2.45, 2.75) is 34.7 Å². The summed E-state index contributed by atoms with van der Waals surface area (Å²) in [7, 11) is 1.41. The fourth-order valence-electron chi connectivity index (χ4n) is 4.24. The summed E-state index contributed by atoms with van der Waals surface area (Å²) in [5.74, 6) is -4.37. The first-order valence-electron chi connectivity index (χ1n) is 11.4. The van der Waals surface area contributed by atoms with Gasteiger partial charge in [0.1, 0.15) is 41.8 Å². The van der Waals surface area contributed by atoms with Gasteiger partial charge in [0.05, 0.1) is 23.5 Å². The largest absolute Gasteiger partial charge is 0.394 e. The number of hydrogen-bond donors (Lipinski definition) is 2. The maximum absolute atomic E-state index is 13.8. The molecule has 0 saturated carbocycles. The molecule has 1 saturated heterocycles. The molecule has 2 N–H and O–H groups in total. The van der Waals surface area contributed by atoms with Crippen LogP contribution in [0.15, 0.2) is 54.2 Å². The fourth-order valence-corrected chi connectivity index (χ4v) is 5.80. The first-order chi connectivity index (χ1) is 18.8. The minimum Gasteiger partial charge on any atom is -0.394 e. The molecule has 5 rings (SSSR count). The predicted octanol–water partition coefficient (Wildman–Crippen LogP) is 3.29. The summed E-state index contributed by atoms with van der Waals surface area (Å²) in [5.41, 5.74) is 0.290. The molecule has 1 aromatic carbocycles. The number of aliphatic hydroxyl groups is 2. The van der Waals surface area contributed by atoms with Gasteiger partial charge in [-0.25, -0.2) is 27.8 Å². The fraction of sp³-hybridized carbons (Fsp3) is 0.292. The molecule has 3 aromatic heterocycles. The van der Waals surface area contributed by atoms with Crippen LogP contribution in [0.2, 0.25) is 5.02 Å². The topological polar surface area (TPSA) is 128 Å². The summed E-state index contributed by atoms with van der Waals surface area (Å²) in [6, 6.07) is 2.30. The van der Waals surface area contributed by atoms with E-state index in [0.29, 0.717) is 21.2 Å². The molecule has 0 radical (unpaired) electrons. The normalized spacial score (nSPS) is 23.2. The molecule has 4 aromatic rings. The average molecular weight is 581 g/mol. The van der Waals surface area contributed by atoms with Crippen LogP contribution in [0.4, 0.5) is 13.2 Å². The van der Waals surface area contributed by atoms with Crippen LogP contribution in [0.5, 0.6) is 0 Å². The van der Waals surface area contributed by atoms with E-state index in [2.05, 4.69) is 25.3 Å². The summed E-state index contributed by atoms with van der Waals surface area (Å²) in [4.78, 5) is 13.1. The van der Waals surface area contributed by atoms with E-state index >= 15 is 0 Å². The highest BCUT2D eigenvalue weighted by molar-refractivity contribution is 8.00. The van der Waals surface area contributed by atoms with Gasteiger partial charge >= 0.3 is 0 Å². The maximum Gasteiger partial charge on any atom is 0.194 e. The van der Waals surface area contributed by atoms with Crippen molar-refractivity contribution >= 4 is 23.4 Å². The van der Waals surface area contributed by atoms with Gasteiger partial charge in [-0.1, -0.05) is 28.6 Å². The van der Waals surface area contributed by atoms with Crippen LogP contribution in [-0.4, -0.2) is 77.6 Å². The first kappa shape index (κ1) is 27.4. The van der Waals surface area contributed by atoms with Gasteiger partial charge in [-0.05, 0) is 18.2 Å². The van der Waals surface area contributed by atoms with Crippen molar-refractivity contribution in [1.82, 2.24) is 29.9 Å². The third kappa shape index (κ3) is 5.48. The summed E-state index contributed by atoms with van der Waals surface area (Å²) in [6.07, 6.45) is 4.13. The number of methoxy groups -OCH3 is 1. The first-order valence-corrected chi connectivity index (χ1v) is 12.7. The molecule has 1 aliphatic rings. The summed E-state index contributed by atoms with van der Waals surface area (Å²) in [6.45, 7) is -0.533. The van der Waals surface area contributed by atoms with Crippen molar-refractivity contribution in [1.29, 1.82) is 0 Å². The molecule has 4 heterocycles. The lowest BCUT2D eigenvalue weighted by Gasteiger charge is -2.43. The lowest BCUT2D eigenvalue weighted by molar-refractivity contribution is -0.186. The molecule has 0 spiro atoms. The number of thioether (sulfide) groups is 1. The van der Waals surface area contributed by atoms with Crippen LogP contribution in [-0.2, 0) is 9.47 Å². The van der Waals surface area contributed by atoms with E-state index in [1.54, 1.807) is 18.5 Å². The number of aliphatic hydroxyl groups excluding tert-OH is 2. The number of nitrogens with zero attached hydrogens (tertiary/aromatic N) is 6. The SMILES string of the molecule is COC1C(n2cc(-c3cc(F)c(F)c(F)c3)nn2)[C@@H](O)C(CO)O[C@@H]1Sc1cc(Cl)cnc1-c1cncnc1. The van der Waals surface area contributed by atoms with Gasteiger partial charge in [-0.3, -0.25) is 4.98 Å². The third-order valence-corrected chi connectivity index (χ3v) is 7.47. The van der Waals surface area contributed by atoms with Crippen LogP contribution in [0, 0.1) is 17.5 Å². The van der Waals surface area contributed by atoms with Gasteiger partial charge in [0.25, 0.3) is 0 Å². The van der Waals surface area contributed by atoms with Gasteiger partial charge in [-0.15, -0.1) is 5.10 Å². The minimum atomic E-state index is -1.60. The molecular weight excluding hydrogens is 561 g/mol. The Kier molecular flexibility index (Phi) is 8.11. The molecule has 204 valence electrons. The number of ether oxygens (including phenoxy) is 2. The van der Waals surface area contributed by atoms with Gasteiger partial charge in [-0.2, -0.15) is 0 Å². The van der Waals surface area contributed by atoms with Gasteiger partial charge in [0, 0.05) is 41.7 Å². The molecule has 5 atom stereocenters. The molecular formula is C24H20ClF3N6O4S. The van der Waals surface area contributed by atoms with Crippen LogP contribution < -0.4 is 0 Å². The Bertz CT molecular complexity index is 1450. The summed E-state index contributed by atoms with van der Waals surface area (Å²) >= 11 is 7.42. The number of halogens is 4. The molecule has 3 unspecified atom stereocenters. The smallest absolute Gasteiger partial charge is 0.194 e. The Balaban J connectivity index is 1.50. The second-order valence-corrected chi connectivity index (χ2v) is 10.1. The highest BCUT2D eigenvalue weighted by atomic mass is 35.5. The zero-order valence-corrected chi connectivity index (χ0v) is 21.6. The Labute approximate surface area is 228 Å². The highest BCUT2D eigenvalue weighted by Crippen LogP contribution is 2.42. The average Bonchev–Trinajstić information content (AvgIpc) is 3.42. The number of rotatable bonds is 7. The highest BCUT2D eigenvalue weighted by Gasteiger charge is 2.47. The van der Waals surface area contributed by atoms with E-state index in [4.69, 9.17) is 21.1 Å². The van der Waals surface area contributed by atoms with Crippen molar-refractivity contribution in [3.8, 4) is 22.5 Å². The van der Waals surface area contributed by atoms with Crippen LogP contribution in [0.25, 0.3) is 22.5 Å². The number of benzene rings is 1. The maximum atomic E-state index is 13.8. The standard InChI is InChI=1S/C24H20ClF3N6O4S/c1-37-23-21(34-8-16(32-33-34)11-2-14(26)19(28)15(27)3-11)22(36)17(9-35)38-24(23)39-18-4-13(25)7-31-20(18)12-5-29-10-30-6-12/h2-8,10,17,21-24,35-36H,9H2,1H3/t17?,21?,22-,23?,24+/m0/s1. The lowest BCUT2D eigenvalue weighted by atomic mass is 9.97. The molecule has 1 aliphatic heterocycles. The number of aromatic nitrogens is 6. The number of hydrogen-bond acceptors (Lipinski definition) is 10. The second kappa shape index (κ2) is 11.5. The third-order valence-electron chi connectivity index (χ3n) is 6.09. The van der Waals surface area contributed by atoms with Crippen molar-refractivity contribution < 1.29 is 32.9 Å². The predicted molar refractivity (Wildman–Crippen MR) is 133 cm³/mol. The molecule has 39 heavy (non-hydrogen) atoms. The number of pyridine rings is 1. The zero-order valence-electron chi connectivity index (χ0n) is 20.0. The quantitative estimate of drug-likeness (QED) is 0.314. The zero-order chi connectivity index (χ0) is 27.7. The van der Waals surface area contributed by atoms with Crippen LogP contribution in [0.3, 0.4) is 0 Å². The van der Waals surface area contributed by atoms with E-state index in [-0.39, 0.29) is 11.3 Å². The molecule has 0 amide bonds. The van der Waals surface area contributed by atoms with E-state index in [0.717, 1.165) is 12.1 Å². The van der Waals surface area contributed by atoms with E-state index < -0.39 is 53.8 Å². The summed E-state index contributed by atoms with van der Waals surface area (Å²) in [5, 5.41) is 29.4. The van der Waals surface area contributed by atoms with Crippen LogP contribution >= 0.6 is 23.4 Å². The van der Waals surface area contributed by atoms with Crippen LogP contribution in [0.1, 0.15) is 6.04 Å². The van der Waals surface area contributed by atoms with E-state index in [1.807, 2.05) is 0 Å². The van der Waals surface area contributed by atoms with E-state index in [1.165, 1.54) is 42.3 Å². The Morgan fingerprint density at radius 1 is 1.10 bits per heavy atom. The van der Waals surface area contributed by atoms with Gasteiger partial charge in [0.15, 0.2) is 17.5 Å². The second-order valence-electron chi connectivity index (χ2n) is 8.49. The Morgan fingerprint density at radius 3 is 2.49 bits per heavy atom. The molecule has 0 aliphatic carbocycles. The monoisotopic (exact) mass is 580 g/mol. The van der Waals surface area contributed by atoms with E-state index in [9.17, 15) is 23.4 Å². The van der Waals surface area contributed by atoms with Gasteiger partial charge < -0.3 is 19.7 Å². The summed E-state index contributed by atoms with van der Waals surface area (Å²) < 4.78 is 54.0.